The summed E-state index contributed by atoms with van der Waals surface area (Å²) < 4.78 is 33.6. The van der Waals surface area contributed by atoms with Crippen LogP contribution < -0.4 is 14.8 Å². The number of carbonyl (C=O) groups is 1. The molecule has 150 valence electrons. The predicted octanol–water partition coefficient (Wildman–Crippen LogP) is 3.73. The highest BCUT2D eigenvalue weighted by Crippen LogP contribution is 2.27. The molecule has 3 rings (SSSR count). The van der Waals surface area contributed by atoms with E-state index in [-0.39, 0.29) is 16.4 Å². The van der Waals surface area contributed by atoms with Gasteiger partial charge in [0.1, 0.15) is 5.75 Å². The molecule has 0 unspecified atom stereocenters. The van der Waals surface area contributed by atoms with Crippen LogP contribution in [-0.4, -0.2) is 21.4 Å². The lowest BCUT2D eigenvalue weighted by Gasteiger charge is -2.14. The van der Waals surface area contributed by atoms with Crippen molar-refractivity contribution < 1.29 is 17.9 Å². The summed E-state index contributed by atoms with van der Waals surface area (Å²) in [6, 6.07) is 20.8. The molecule has 0 aliphatic heterocycles. The summed E-state index contributed by atoms with van der Waals surface area (Å²) in [4.78, 5) is 12.6. The second-order valence-electron chi connectivity index (χ2n) is 6.45. The van der Waals surface area contributed by atoms with Gasteiger partial charge < -0.3 is 10.1 Å². The minimum absolute atomic E-state index is 0.0377. The molecule has 2 N–H and O–H groups in total. The molecule has 29 heavy (non-hydrogen) atoms. The van der Waals surface area contributed by atoms with E-state index in [2.05, 4.69) is 10.0 Å². The highest BCUT2D eigenvalue weighted by atomic mass is 32.2. The summed E-state index contributed by atoms with van der Waals surface area (Å²) in [5.74, 6) is 0.0630. The van der Waals surface area contributed by atoms with Crippen molar-refractivity contribution in [2.45, 2.75) is 18.4 Å². The molecule has 0 aliphatic rings. The van der Waals surface area contributed by atoms with E-state index in [1.54, 1.807) is 43.3 Å². The fourth-order valence-electron chi connectivity index (χ4n) is 2.84. The van der Waals surface area contributed by atoms with Gasteiger partial charge in [-0.15, -0.1) is 0 Å². The topological polar surface area (TPSA) is 84.5 Å². The zero-order valence-corrected chi connectivity index (χ0v) is 17.0. The lowest BCUT2D eigenvalue weighted by Crippen LogP contribution is -2.23. The number of hydrogen-bond donors (Lipinski definition) is 2. The SMILES string of the molecule is COc1ccccc1NS(=O)(=O)c1cc(C(=O)NCc2ccccc2)ccc1C. The first kappa shape index (κ1) is 20.4. The summed E-state index contributed by atoms with van der Waals surface area (Å²) in [6.45, 7) is 2.04. The molecular formula is C22H22N2O4S. The van der Waals surface area contributed by atoms with Crippen LogP contribution in [-0.2, 0) is 16.6 Å². The van der Waals surface area contributed by atoms with Crippen molar-refractivity contribution in [1.82, 2.24) is 5.32 Å². The van der Waals surface area contributed by atoms with Crippen molar-refractivity contribution in [1.29, 1.82) is 0 Å². The Morgan fingerprint density at radius 2 is 1.66 bits per heavy atom. The summed E-state index contributed by atoms with van der Waals surface area (Å²) in [6.07, 6.45) is 0. The monoisotopic (exact) mass is 410 g/mol. The minimum Gasteiger partial charge on any atom is -0.495 e. The largest absolute Gasteiger partial charge is 0.495 e. The molecule has 0 heterocycles. The third-order valence-corrected chi connectivity index (χ3v) is 5.89. The second kappa shape index (κ2) is 8.79. The molecule has 0 bridgehead atoms. The van der Waals surface area contributed by atoms with Crippen molar-refractivity contribution in [3.8, 4) is 5.75 Å². The Hall–Kier alpha value is -3.32. The average molecular weight is 410 g/mol. The highest BCUT2D eigenvalue weighted by Gasteiger charge is 2.20. The number of amides is 1. The molecular weight excluding hydrogens is 388 g/mol. The van der Waals surface area contributed by atoms with E-state index >= 15 is 0 Å². The molecule has 0 aliphatic carbocycles. The first-order chi connectivity index (χ1) is 13.9. The first-order valence-electron chi connectivity index (χ1n) is 8.99. The van der Waals surface area contributed by atoms with Gasteiger partial charge in [0, 0.05) is 12.1 Å². The molecule has 0 aromatic heterocycles. The van der Waals surface area contributed by atoms with Gasteiger partial charge in [0.25, 0.3) is 15.9 Å². The van der Waals surface area contributed by atoms with E-state index < -0.39 is 10.0 Å². The zero-order chi connectivity index (χ0) is 20.9. The van der Waals surface area contributed by atoms with Gasteiger partial charge in [0.2, 0.25) is 0 Å². The van der Waals surface area contributed by atoms with E-state index in [4.69, 9.17) is 4.74 Å². The Bertz CT molecular complexity index is 1110. The van der Waals surface area contributed by atoms with Gasteiger partial charge in [-0.05, 0) is 42.3 Å². The molecule has 0 fully saturated rings. The number of carbonyl (C=O) groups excluding carboxylic acids is 1. The number of rotatable bonds is 7. The number of benzene rings is 3. The molecule has 6 nitrogen and oxygen atoms in total. The number of anilines is 1. The molecule has 0 spiro atoms. The van der Waals surface area contributed by atoms with Crippen LogP contribution in [0.1, 0.15) is 21.5 Å². The molecule has 0 saturated heterocycles. The summed E-state index contributed by atoms with van der Waals surface area (Å²) >= 11 is 0. The van der Waals surface area contributed by atoms with Gasteiger partial charge in [-0.3, -0.25) is 9.52 Å². The maximum Gasteiger partial charge on any atom is 0.262 e. The minimum atomic E-state index is -3.91. The van der Waals surface area contributed by atoms with E-state index in [1.165, 1.54) is 13.2 Å². The van der Waals surface area contributed by atoms with Crippen molar-refractivity contribution in [3.63, 3.8) is 0 Å². The molecule has 7 heteroatoms. The number of hydrogen-bond acceptors (Lipinski definition) is 4. The van der Waals surface area contributed by atoms with Crippen LogP contribution in [0.5, 0.6) is 5.75 Å². The standard InChI is InChI=1S/C22H22N2O4S/c1-16-12-13-18(22(25)23-15-17-8-4-3-5-9-17)14-21(16)29(26,27)24-19-10-6-7-11-20(19)28-2/h3-14,24H,15H2,1-2H3,(H,23,25). The van der Waals surface area contributed by atoms with Gasteiger partial charge in [-0.2, -0.15) is 0 Å². The van der Waals surface area contributed by atoms with Crippen LogP contribution in [0.4, 0.5) is 5.69 Å². The third kappa shape index (κ3) is 4.94. The van der Waals surface area contributed by atoms with Gasteiger partial charge in [-0.1, -0.05) is 48.5 Å². The molecule has 3 aromatic rings. The smallest absolute Gasteiger partial charge is 0.262 e. The van der Waals surface area contributed by atoms with Crippen molar-refractivity contribution >= 4 is 21.6 Å². The van der Waals surface area contributed by atoms with Crippen molar-refractivity contribution in [2.75, 3.05) is 11.8 Å². The van der Waals surface area contributed by atoms with Crippen LogP contribution in [0.2, 0.25) is 0 Å². The zero-order valence-electron chi connectivity index (χ0n) is 16.2. The van der Waals surface area contributed by atoms with Crippen LogP contribution in [0.25, 0.3) is 0 Å². The second-order valence-corrected chi connectivity index (χ2v) is 8.11. The van der Waals surface area contributed by atoms with Crippen molar-refractivity contribution in [2.24, 2.45) is 0 Å². The predicted molar refractivity (Wildman–Crippen MR) is 113 cm³/mol. The van der Waals surface area contributed by atoms with E-state index in [0.29, 0.717) is 23.5 Å². The van der Waals surface area contributed by atoms with Crippen LogP contribution >= 0.6 is 0 Å². The first-order valence-corrected chi connectivity index (χ1v) is 10.5. The molecule has 0 radical (unpaired) electrons. The third-order valence-electron chi connectivity index (χ3n) is 4.39. The number of ether oxygens (including phenoxy) is 1. The summed E-state index contributed by atoms with van der Waals surface area (Å²) in [5.41, 5.74) is 2.09. The molecule has 3 aromatic carbocycles. The van der Waals surface area contributed by atoms with E-state index in [0.717, 1.165) is 5.56 Å². The highest BCUT2D eigenvalue weighted by molar-refractivity contribution is 7.92. The fourth-order valence-corrected chi connectivity index (χ4v) is 4.18. The number of sulfonamides is 1. The van der Waals surface area contributed by atoms with E-state index in [1.807, 2.05) is 30.3 Å². The maximum absolute atomic E-state index is 12.9. The lowest BCUT2D eigenvalue weighted by molar-refractivity contribution is 0.0950. The number of nitrogens with one attached hydrogen (secondary N) is 2. The fraction of sp³-hybridized carbons (Fsp3) is 0.136. The van der Waals surface area contributed by atoms with Crippen molar-refractivity contribution in [3.05, 3.63) is 89.5 Å². The summed E-state index contributed by atoms with van der Waals surface area (Å²) in [7, 11) is -2.44. The van der Waals surface area contributed by atoms with Crippen LogP contribution in [0.15, 0.2) is 77.7 Å². The van der Waals surface area contributed by atoms with Gasteiger partial charge in [0.05, 0.1) is 17.7 Å². The Morgan fingerprint density at radius 1 is 0.966 bits per heavy atom. The van der Waals surface area contributed by atoms with Gasteiger partial charge >= 0.3 is 0 Å². The maximum atomic E-state index is 12.9. The van der Waals surface area contributed by atoms with Crippen LogP contribution in [0, 0.1) is 6.92 Å². The lowest BCUT2D eigenvalue weighted by atomic mass is 10.1. The number of methoxy groups -OCH3 is 1. The van der Waals surface area contributed by atoms with Crippen LogP contribution in [0.3, 0.4) is 0 Å². The molecule has 1 amide bonds. The normalized spacial score (nSPS) is 11.0. The van der Waals surface area contributed by atoms with Gasteiger partial charge in [0.15, 0.2) is 0 Å². The Morgan fingerprint density at radius 3 is 2.38 bits per heavy atom. The summed E-state index contributed by atoms with van der Waals surface area (Å²) in [5, 5.41) is 2.81. The Labute approximate surface area is 170 Å². The molecule has 0 atom stereocenters. The number of para-hydroxylation sites is 2. The molecule has 0 saturated carbocycles. The Kier molecular flexibility index (Phi) is 6.19. The number of aryl methyl sites for hydroxylation is 1. The Balaban J connectivity index is 1.83. The quantitative estimate of drug-likeness (QED) is 0.622. The van der Waals surface area contributed by atoms with E-state index in [9.17, 15) is 13.2 Å². The average Bonchev–Trinajstić information content (AvgIpc) is 2.73. The van der Waals surface area contributed by atoms with Gasteiger partial charge in [-0.25, -0.2) is 8.42 Å².